The summed E-state index contributed by atoms with van der Waals surface area (Å²) in [6.07, 6.45) is 2.27. The van der Waals surface area contributed by atoms with Gasteiger partial charge in [-0.3, -0.25) is 0 Å². The standard InChI is InChI=1S/C28H30N2O5/c1-3-24-25(12-10-21-11-13-27(29-17-21)32-4-2)30-28(35-20-23-19-31-14-15-33-23)16-26(24)34-18-22-8-6-5-7-9-22/h5-9,11,13,16-17,23H,3-4,14-15,18-20H2,1-2H3. The maximum atomic E-state index is 6.21. The molecule has 0 spiro atoms. The number of ether oxygens (including phenoxy) is 5. The number of hydrogen-bond acceptors (Lipinski definition) is 7. The average Bonchev–Trinajstić information content (AvgIpc) is 2.91. The molecular formula is C28H30N2O5. The van der Waals surface area contributed by atoms with Crippen LogP contribution in [-0.2, 0) is 22.5 Å². The van der Waals surface area contributed by atoms with Crippen LogP contribution in [-0.4, -0.2) is 49.1 Å². The molecule has 0 bridgehead atoms. The summed E-state index contributed by atoms with van der Waals surface area (Å²) < 4.78 is 28.8. The molecule has 3 aromatic rings. The zero-order valence-corrected chi connectivity index (χ0v) is 20.2. The molecule has 1 aliphatic rings. The van der Waals surface area contributed by atoms with Crippen molar-refractivity contribution in [3.05, 3.63) is 77.1 Å². The van der Waals surface area contributed by atoms with E-state index in [1.165, 1.54) is 0 Å². The third-order valence-corrected chi connectivity index (χ3v) is 5.31. The smallest absolute Gasteiger partial charge is 0.218 e. The first-order valence-electron chi connectivity index (χ1n) is 11.9. The van der Waals surface area contributed by atoms with Crippen LogP contribution in [0.2, 0.25) is 0 Å². The van der Waals surface area contributed by atoms with Gasteiger partial charge in [0.25, 0.3) is 0 Å². The Kier molecular flexibility index (Phi) is 8.93. The maximum absolute atomic E-state index is 6.21. The highest BCUT2D eigenvalue weighted by Crippen LogP contribution is 2.28. The lowest BCUT2D eigenvalue weighted by molar-refractivity contribution is -0.102. The van der Waals surface area contributed by atoms with Gasteiger partial charge in [-0.15, -0.1) is 0 Å². The van der Waals surface area contributed by atoms with Gasteiger partial charge in [-0.25, -0.2) is 9.97 Å². The van der Waals surface area contributed by atoms with Crippen molar-refractivity contribution in [2.24, 2.45) is 0 Å². The van der Waals surface area contributed by atoms with E-state index in [4.69, 9.17) is 23.7 Å². The van der Waals surface area contributed by atoms with Crippen LogP contribution in [0.3, 0.4) is 0 Å². The quantitative estimate of drug-likeness (QED) is 0.430. The summed E-state index contributed by atoms with van der Waals surface area (Å²) in [6, 6.07) is 15.6. The molecule has 2 aromatic heterocycles. The molecule has 1 aromatic carbocycles. The molecular weight excluding hydrogens is 444 g/mol. The Balaban J connectivity index is 1.59. The van der Waals surface area contributed by atoms with E-state index >= 15 is 0 Å². The van der Waals surface area contributed by atoms with Crippen molar-refractivity contribution in [3.8, 4) is 29.4 Å². The van der Waals surface area contributed by atoms with E-state index in [9.17, 15) is 0 Å². The minimum Gasteiger partial charge on any atom is -0.488 e. The Morgan fingerprint density at radius 2 is 1.86 bits per heavy atom. The van der Waals surface area contributed by atoms with E-state index in [0.29, 0.717) is 69.3 Å². The zero-order chi connectivity index (χ0) is 24.3. The number of benzene rings is 1. The van der Waals surface area contributed by atoms with Gasteiger partial charge in [0.1, 0.15) is 30.8 Å². The fourth-order valence-electron chi connectivity index (χ4n) is 3.54. The van der Waals surface area contributed by atoms with Gasteiger partial charge in [0, 0.05) is 29.5 Å². The van der Waals surface area contributed by atoms with E-state index in [2.05, 4.69) is 28.7 Å². The first kappa shape index (κ1) is 24.5. The van der Waals surface area contributed by atoms with Crippen LogP contribution >= 0.6 is 0 Å². The Morgan fingerprint density at radius 1 is 0.971 bits per heavy atom. The normalized spacial score (nSPS) is 15.1. The number of pyridine rings is 2. The largest absolute Gasteiger partial charge is 0.488 e. The summed E-state index contributed by atoms with van der Waals surface area (Å²) in [7, 11) is 0. The van der Waals surface area contributed by atoms with Crippen LogP contribution in [0, 0.1) is 11.8 Å². The van der Waals surface area contributed by atoms with Crippen LogP contribution in [0.1, 0.15) is 36.2 Å². The molecule has 7 nitrogen and oxygen atoms in total. The fraction of sp³-hybridized carbons (Fsp3) is 0.357. The number of nitrogens with zero attached hydrogens (tertiary/aromatic N) is 2. The molecule has 4 rings (SSSR count). The minimum absolute atomic E-state index is 0.130. The summed E-state index contributed by atoms with van der Waals surface area (Å²) in [6.45, 7) is 7.00. The molecule has 0 N–H and O–H groups in total. The summed E-state index contributed by atoms with van der Waals surface area (Å²) in [5.41, 5.74) is 3.39. The SMILES string of the molecule is CCOc1ccc(C#Cc2nc(OCC3COCCO3)cc(OCc3ccccc3)c2CC)cn1. The molecule has 1 atom stereocenters. The maximum Gasteiger partial charge on any atom is 0.218 e. The second kappa shape index (κ2) is 12.7. The molecule has 35 heavy (non-hydrogen) atoms. The van der Waals surface area contributed by atoms with Gasteiger partial charge in [0.05, 0.1) is 26.4 Å². The van der Waals surface area contributed by atoms with Crippen LogP contribution < -0.4 is 14.2 Å². The van der Waals surface area contributed by atoms with Crippen molar-refractivity contribution in [3.63, 3.8) is 0 Å². The van der Waals surface area contributed by atoms with E-state index in [1.807, 2.05) is 55.5 Å². The van der Waals surface area contributed by atoms with E-state index in [-0.39, 0.29) is 6.10 Å². The molecule has 0 saturated carbocycles. The lowest BCUT2D eigenvalue weighted by Gasteiger charge is -2.23. The lowest BCUT2D eigenvalue weighted by Crippen LogP contribution is -2.33. The fourth-order valence-corrected chi connectivity index (χ4v) is 3.54. The Bertz CT molecular complexity index is 1130. The van der Waals surface area contributed by atoms with Gasteiger partial charge in [0.15, 0.2) is 0 Å². The summed E-state index contributed by atoms with van der Waals surface area (Å²) in [4.78, 5) is 8.97. The van der Waals surface area contributed by atoms with Crippen molar-refractivity contribution in [1.29, 1.82) is 0 Å². The van der Waals surface area contributed by atoms with E-state index in [0.717, 1.165) is 16.7 Å². The van der Waals surface area contributed by atoms with Crippen LogP contribution in [0.15, 0.2) is 54.7 Å². The van der Waals surface area contributed by atoms with Crippen molar-refractivity contribution >= 4 is 0 Å². The van der Waals surface area contributed by atoms with Gasteiger partial charge >= 0.3 is 0 Å². The molecule has 1 saturated heterocycles. The number of rotatable bonds is 9. The predicted molar refractivity (Wildman–Crippen MR) is 132 cm³/mol. The summed E-state index contributed by atoms with van der Waals surface area (Å²) in [5, 5.41) is 0. The van der Waals surface area contributed by atoms with Crippen LogP contribution in [0.5, 0.6) is 17.5 Å². The number of hydrogen-bond donors (Lipinski definition) is 0. The lowest BCUT2D eigenvalue weighted by atomic mass is 10.1. The first-order chi connectivity index (χ1) is 17.2. The highest BCUT2D eigenvalue weighted by molar-refractivity contribution is 5.50. The van der Waals surface area contributed by atoms with E-state index in [1.54, 1.807) is 6.20 Å². The monoisotopic (exact) mass is 474 g/mol. The van der Waals surface area contributed by atoms with Gasteiger partial charge in [-0.05, 0) is 30.9 Å². The minimum atomic E-state index is -0.130. The zero-order valence-electron chi connectivity index (χ0n) is 20.2. The topological polar surface area (TPSA) is 71.9 Å². The third-order valence-electron chi connectivity index (χ3n) is 5.31. The second-order valence-electron chi connectivity index (χ2n) is 7.86. The van der Waals surface area contributed by atoms with Crippen molar-refractivity contribution in [2.45, 2.75) is 33.0 Å². The molecule has 1 fully saturated rings. The van der Waals surface area contributed by atoms with Crippen molar-refractivity contribution in [1.82, 2.24) is 9.97 Å². The van der Waals surface area contributed by atoms with Crippen LogP contribution in [0.25, 0.3) is 0 Å². The molecule has 0 radical (unpaired) electrons. The molecule has 0 amide bonds. The highest BCUT2D eigenvalue weighted by atomic mass is 16.6. The van der Waals surface area contributed by atoms with Crippen LogP contribution in [0.4, 0.5) is 0 Å². The highest BCUT2D eigenvalue weighted by Gasteiger charge is 2.17. The van der Waals surface area contributed by atoms with Crippen molar-refractivity contribution in [2.75, 3.05) is 33.0 Å². The van der Waals surface area contributed by atoms with E-state index < -0.39 is 0 Å². The van der Waals surface area contributed by atoms with Gasteiger partial charge < -0.3 is 23.7 Å². The Hall–Kier alpha value is -3.60. The van der Waals surface area contributed by atoms with Gasteiger partial charge in [-0.2, -0.15) is 0 Å². The molecule has 182 valence electrons. The molecule has 1 aliphatic heterocycles. The molecule has 1 unspecified atom stereocenters. The molecule has 3 heterocycles. The van der Waals surface area contributed by atoms with Gasteiger partial charge in [-0.1, -0.05) is 43.2 Å². The Morgan fingerprint density at radius 3 is 2.57 bits per heavy atom. The van der Waals surface area contributed by atoms with Gasteiger partial charge in [0.2, 0.25) is 11.8 Å². The predicted octanol–water partition coefficient (Wildman–Crippen LogP) is 4.21. The second-order valence-corrected chi connectivity index (χ2v) is 7.86. The third kappa shape index (κ3) is 7.19. The average molecular weight is 475 g/mol. The molecule has 0 aliphatic carbocycles. The summed E-state index contributed by atoms with van der Waals surface area (Å²) in [5.74, 6) is 8.06. The Labute approximate surface area is 206 Å². The van der Waals surface area contributed by atoms with Crippen molar-refractivity contribution < 1.29 is 23.7 Å². The number of aromatic nitrogens is 2. The first-order valence-corrected chi connectivity index (χ1v) is 11.9. The summed E-state index contributed by atoms with van der Waals surface area (Å²) >= 11 is 0. The molecule has 7 heteroatoms.